The highest BCUT2D eigenvalue weighted by atomic mass is 32.1. The number of ether oxygens (including phenoxy) is 1. The summed E-state index contributed by atoms with van der Waals surface area (Å²) in [5.74, 6) is 0.824. The normalized spacial score (nSPS) is 15.3. The Kier molecular flexibility index (Phi) is 6.62. The van der Waals surface area contributed by atoms with Crippen LogP contribution in [0, 0.1) is 4.77 Å². The molecular weight excluding hydrogens is 394 g/mol. The fraction of sp³-hybridized carbons (Fsp3) is 0.391. The maximum Gasteiger partial charge on any atom is 0.221 e. The van der Waals surface area contributed by atoms with Gasteiger partial charge in [-0.15, -0.1) is 0 Å². The molecule has 6 nitrogen and oxygen atoms in total. The molecule has 1 saturated heterocycles. The first-order chi connectivity index (χ1) is 14.6. The van der Waals surface area contributed by atoms with Gasteiger partial charge in [-0.2, -0.15) is 4.98 Å². The number of H-pyrrole nitrogens is 1. The second kappa shape index (κ2) is 9.55. The van der Waals surface area contributed by atoms with Gasteiger partial charge in [0.15, 0.2) is 12.5 Å². The van der Waals surface area contributed by atoms with Crippen molar-refractivity contribution in [1.29, 1.82) is 0 Å². The number of morpholine rings is 1. The van der Waals surface area contributed by atoms with E-state index in [9.17, 15) is 0 Å². The van der Waals surface area contributed by atoms with Crippen LogP contribution in [0.5, 0.6) is 0 Å². The van der Waals surface area contributed by atoms with Crippen molar-refractivity contribution in [2.24, 2.45) is 0 Å². The molecule has 1 aromatic heterocycles. The van der Waals surface area contributed by atoms with Crippen LogP contribution in [0.2, 0.25) is 0 Å². The summed E-state index contributed by atoms with van der Waals surface area (Å²) in [5.41, 5.74) is 4.97. The lowest BCUT2D eigenvalue weighted by atomic mass is 10.1. The number of quaternary nitrogens is 1. The maximum atomic E-state index is 5.49. The Labute approximate surface area is 183 Å². The topological polar surface area (TPSA) is 50.5 Å². The van der Waals surface area contributed by atoms with Gasteiger partial charge >= 0.3 is 0 Å². The van der Waals surface area contributed by atoms with Crippen molar-refractivity contribution in [3.63, 3.8) is 0 Å². The van der Waals surface area contributed by atoms with Crippen molar-refractivity contribution in [2.75, 3.05) is 38.3 Å². The molecular formula is C23H30N5OS+. The quantitative estimate of drug-likeness (QED) is 0.573. The van der Waals surface area contributed by atoms with Gasteiger partial charge in [0.05, 0.1) is 20.3 Å². The molecule has 1 unspecified atom stereocenters. The van der Waals surface area contributed by atoms with E-state index in [0.29, 0.717) is 4.77 Å². The monoisotopic (exact) mass is 424 g/mol. The number of hydrogen-bond acceptors (Lipinski definition) is 4. The van der Waals surface area contributed by atoms with E-state index in [1.54, 1.807) is 0 Å². The van der Waals surface area contributed by atoms with E-state index in [-0.39, 0.29) is 0 Å². The molecule has 0 bridgehead atoms. The zero-order valence-electron chi connectivity index (χ0n) is 17.7. The van der Waals surface area contributed by atoms with Crippen LogP contribution < -0.4 is 9.80 Å². The smallest absolute Gasteiger partial charge is 0.221 e. The van der Waals surface area contributed by atoms with Crippen LogP contribution >= 0.6 is 12.2 Å². The third-order valence-electron chi connectivity index (χ3n) is 5.56. The van der Waals surface area contributed by atoms with Crippen LogP contribution in [0.3, 0.4) is 0 Å². The largest absolute Gasteiger partial charge is 0.378 e. The molecule has 1 fully saturated rings. The van der Waals surface area contributed by atoms with Gasteiger partial charge in [0.25, 0.3) is 0 Å². The average molecular weight is 425 g/mol. The fourth-order valence-corrected chi connectivity index (χ4v) is 4.01. The lowest BCUT2D eigenvalue weighted by Crippen LogP contribution is -3.07. The fourth-order valence-electron chi connectivity index (χ4n) is 3.81. The molecule has 1 atom stereocenters. The first-order valence-corrected chi connectivity index (χ1v) is 11.0. The number of benzene rings is 2. The van der Waals surface area contributed by atoms with Gasteiger partial charge in [-0.3, -0.25) is 5.10 Å². The summed E-state index contributed by atoms with van der Waals surface area (Å²) in [5, 5.41) is 3.37. The summed E-state index contributed by atoms with van der Waals surface area (Å²) in [4.78, 5) is 8.27. The van der Waals surface area contributed by atoms with Crippen LogP contribution in [0.25, 0.3) is 11.4 Å². The summed E-state index contributed by atoms with van der Waals surface area (Å²) in [7, 11) is 2.17. The lowest BCUT2D eigenvalue weighted by Gasteiger charge is -2.29. The minimum Gasteiger partial charge on any atom is -0.378 e. The standard InChI is InChI=1S/C23H29N5OS/c1-3-18-4-8-20(9-5-18)22-24-23(30)28(25-22)17-26(2)16-19-6-10-21(11-7-19)27-12-14-29-15-13-27/h4-11H,3,12-17H2,1-2H3,(H,24,25,30)/p+1. The number of aromatic nitrogens is 3. The molecule has 1 aliphatic heterocycles. The molecule has 2 N–H and O–H groups in total. The van der Waals surface area contributed by atoms with E-state index in [1.807, 2.05) is 4.68 Å². The van der Waals surface area contributed by atoms with Crippen molar-refractivity contribution in [3.05, 3.63) is 64.4 Å². The Morgan fingerprint density at radius 2 is 1.70 bits per heavy atom. The maximum absolute atomic E-state index is 5.49. The number of nitrogens with zero attached hydrogens (tertiary/aromatic N) is 3. The highest BCUT2D eigenvalue weighted by Crippen LogP contribution is 2.17. The van der Waals surface area contributed by atoms with Crippen LogP contribution in [-0.2, 0) is 24.4 Å². The minimum absolute atomic E-state index is 0.589. The van der Waals surface area contributed by atoms with Crippen molar-refractivity contribution in [3.8, 4) is 11.4 Å². The summed E-state index contributed by atoms with van der Waals surface area (Å²) in [6, 6.07) is 17.4. The molecule has 3 aromatic rings. The third kappa shape index (κ3) is 4.98. The second-order valence-corrected chi connectivity index (χ2v) is 8.26. The van der Waals surface area contributed by atoms with Crippen LogP contribution in [0.4, 0.5) is 5.69 Å². The Bertz CT molecular complexity index is 1000. The molecule has 2 heterocycles. The molecule has 0 saturated carbocycles. The highest BCUT2D eigenvalue weighted by Gasteiger charge is 2.13. The predicted octanol–water partition coefficient (Wildman–Crippen LogP) is 2.68. The van der Waals surface area contributed by atoms with Gasteiger partial charge in [0, 0.05) is 29.9 Å². The molecule has 30 heavy (non-hydrogen) atoms. The number of hydrogen-bond donors (Lipinski definition) is 2. The van der Waals surface area contributed by atoms with Crippen molar-refractivity contribution >= 4 is 17.9 Å². The van der Waals surface area contributed by atoms with Crippen molar-refractivity contribution < 1.29 is 9.64 Å². The number of rotatable bonds is 7. The lowest BCUT2D eigenvalue weighted by molar-refractivity contribution is -0.917. The minimum atomic E-state index is 0.589. The molecule has 0 amide bonds. The number of aryl methyl sites for hydroxylation is 1. The summed E-state index contributed by atoms with van der Waals surface area (Å²) >= 11 is 5.49. The Morgan fingerprint density at radius 3 is 2.37 bits per heavy atom. The molecule has 0 spiro atoms. The molecule has 2 aromatic carbocycles. The number of nitrogens with one attached hydrogen (secondary N) is 2. The van der Waals surface area contributed by atoms with E-state index >= 15 is 0 Å². The molecule has 7 heteroatoms. The zero-order chi connectivity index (χ0) is 20.9. The van der Waals surface area contributed by atoms with Gasteiger partial charge in [0.1, 0.15) is 6.54 Å². The van der Waals surface area contributed by atoms with Gasteiger partial charge in [-0.05, 0) is 36.3 Å². The van der Waals surface area contributed by atoms with E-state index in [2.05, 4.69) is 77.5 Å². The number of aromatic amines is 1. The van der Waals surface area contributed by atoms with Crippen LogP contribution in [0.1, 0.15) is 18.1 Å². The first kappa shape index (κ1) is 20.8. The highest BCUT2D eigenvalue weighted by molar-refractivity contribution is 7.71. The Balaban J connectivity index is 1.38. The van der Waals surface area contributed by atoms with Gasteiger partial charge < -0.3 is 14.5 Å². The van der Waals surface area contributed by atoms with Gasteiger partial charge in [0.2, 0.25) is 4.77 Å². The van der Waals surface area contributed by atoms with Gasteiger partial charge in [-0.1, -0.05) is 43.3 Å². The summed E-state index contributed by atoms with van der Waals surface area (Å²) in [6.07, 6.45) is 1.03. The average Bonchev–Trinajstić information content (AvgIpc) is 3.15. The summed E-state index contributed by atoms with van der Waals surface area (Å²) < 4.78 is 7.98. The number of anilines is 1. The second-order valence-electron chi connectivity index (χ2n) is 7.89. The first-order valence-electron chi connectivity index (χ1n) is 10.6. The third-order valence-corrected chi connectivity index (χ3v) is 5.87. The van der Waals surface area contributed by atoms with E-state index in [1.165, 1.54) is 21.7 Å². The molecule has 0 aliphatic carbocycles. The van der Waals surface area contributed by atoms with Crippen LogP contribution in [-0.4, -0.2) is 48.1 Å². The Hall–Kier alpha value is -2.48. The van der Waals surface area contributed by atoms with Crippen molar-refractivity contribution in [1.82, 2.24) is 14.8 Å². The van der Waals surface area contributed by atoms with Gasteiger partial charge in [-0.25, -0.2) is 4.68 Å². The SMILES string of the molecule is CCc1ccc(-c2nc(=S)n(C[NH+](C)Cc3ccc(N4CCOCC4)cc3)[nH]2)cc1. The van der Waals surface area contributed by atoms with Crippen LogP contribution in [0.15, 0.2) is 48.5 Å². The van der Waals surface area contributed by atoms with Crippen molar-refractivity contribution in [2.45, 2.75) is 26.6 Å². The van der Waals surface area contributed by atoms with E-state index in [0.717, 1.165) is 57.3 Å². The van der Waals surface area contributed by atoms with E-state index < -0.39 is 0 Å². The molecule has 1 aliphatic rings. The zero-order valence-corrected chi connectivity index (χ0v) is 18.5. The Morgan fingerprint density at radius 1 is 1.03 bits per heavy atom. The molecule has 158 valence electrons. The van der Waals surface area contributed by atoms with E-state index in [4.69, 9.17) is 17.0 Å². The summed E-state index contributed by atoms with van der Waals surface area (Å²) in [6.45, 7) is 7.37. The molecule has 4 rings (SSSR count). The molecule has 0 radical (unpaired) electrons. The predicted molar refractivity (Wildman–Crippen MR) is 122 cm³/mol.